The minimum absolute atomic E-state index is 0. The topological polar surface area (TPSA) is 66.6 Å². The number of hydrogen-bond acceptors (Lipinski definition) is 3. The summed E-state index contributed by atoms with van der Waals surface area (Å²) in [6.45, 7) is 2.84. The summed E-state index contributed by atoms with van der Waals surface area (Å²) >= 11 is 0. The lowest BCUT2D eigenvalue weighted by molar-refractivity contribution is -0.139. The highest BCUT2D eigenvalue weighted by Gasteiger charge is 2.28. The first-order valence-corrected chi connectivity index (χ1v) is 7.19. The van der Waals surface area contributed by atoms with Gasteiger partial charge in [-0.15, -0.1) is 12.4 Å². The van der Waals surface area contributed by atoms with E-state index in [9.17, 15) is 9.59 Å². The molecule has 118 valence electrons. The number of likely N-dealkylation sites (N-methyl/N-ethyl adjacent to an activating group) is 1. The van der Waals surface area contributed by atoms with Crippen molar-refractivity contribution in [1.29, 1.82) is 0 Å². The molecule has 2 amide bonds. The van der Waals surface area contributed by atoms with Gasteiger partial charge in [0, 0.05) is 33.1 Å². The molecule has 20 heavy (non-hydrogen) atoms. The van der Waals surface area contributed by atoms with Crippen LogP contribution in [0, 0.1) is 5.92 Å². The van der Waals surface area contributed by atoms with Gasteiger partial charge in [-0.1, -0.05) is 13.3 Å². The molecule has 6 heteroatoms. The van der Waals surface area contributed by atoms with E-state index >= 15 is 0 Å². The van der Waals surface area contributed by atoms with Crippen molar-refractivity contribution in [1.82, 2.24) is 9.80 Å². The van der Waals surface area contributed by atoms with E-state index in [0.717, 1.165) is 25.7 Å². The molecule has 0 aromatic rings. The van der Waals surface area contributed by atoms with Gasteiger partial charge in [0.2, 0.25) is 11.8 Å². The number of nitrogens with zero attached hydrogens (tertiary/aromatic N) is 2. The van der Waals surface area contributed by atoms with Crippen LogP contribution in [0.2, 0.25) is 0 Å². The first-order chi connectivity index (χ1) is 8.95. The molecule has 1 aliphatic rings. The van der Waals surface area contributed by atoms with Gasteiger partial charge < -0.3 is 15.5 Å². The molecule has 1 aliphatic carbocycles. The second kappa shape index (κ2) is 9.19. The highest BCUT2D eigenvalue weighted by atomic mass is 35.5. The summed E-state index contributed by atoms with van der Waals surface area (Å²) in [6, 6.07) is 0.150. The third-order valence-electron chi connectivity index (χ3n) is 3.83. The van der Waals surface area contributed by atoms with Crippen molar-refractivity contribution in [2.24, 2.45) is 11.7 Å². The van der Waals surface area contributed by atoms with Crippen LogP contribution in [0.3, 0.4) is 0 Å². The summed E-state index contributed by atoms with van der Waals surface area (Å²) < 4.78 is 0. The third-order valence-corrected chi connectivity index (χ3v) is 3.83. The van der Waals surface area contributed by atoms with Crippen LogP contribution < -0.4 is 5.73 Å². The largest absolute Gasteiger partial charge is 0.347 e. The highest BCUT2D eigenvalue weighted by Crippen LogP contribution is 2.27. The van der Waals surface area contributed by atoms with Gasteiger partial charge in [-0.25, -0.2) is 0 Å². The lowest BCUT2D eigenvalue weighted by atomic mass is 9.99. The molecule has 5 nitrogen and oxygen atoms in total. The molecule has 0 aromatic carbocycles. The van der Waals surface area contributed by atoms with Gasteiger partial charge >= 0.3 is 0 Å². The number of amides is 2. The number of halogens is 1. The third kappa shape index (κ3) is 5.67. The van der Waals surface area contributed by atoms with Crippen LogP contribution >= 0.6 is 12.4 Å². The van der Waals surface area contributed by atoms with Crippen molar-refractivity contribution < 1.29 is 9.59 Å². The monoisotopic (exact) mass is 305 g/mol. The van der Waals surface area contributed by atoms with E-state index in [1.165, 1.54) is 4.90 Å². The summed E-state index contributed by atoms with van der Waals surface area (Å²) in [7, 11) is 3.42. The summed E-state index contributed by atoms with van der Waals surface area (Å²) in [5.74, 6) is 0.332. The van der Waals surface area contributed by atoms with Gasteiger partial charge in [-0.3, -0.25) is 9.59 Å². The Kier molecular flexibility index (Phi) is 8.81. The van der Waals surface area contributed by atoms with Crippen LogP contribution in [0.15, 0.2) is 0 Å². The predicted octanol–water partition coefficient (Wildman–Crippen LogP) is 1.25. The van der Waals surface area contributed by atoms with E-state index in [1.807, 2.05) is 6.92 Å². The molecule has 0 heterocycles. The number of carbonyl (C=O) groups excluding carboxylic acids is 2. The Morgan fingerprint density at radius 3 is 2.30 bits per heavy atom. The zero-order valence-electron chi connectivity index (χ0n) is 12.8. The maximum atomic E-state index is 12.3. The van der Waals surface area contributed by atoms with Crippen LogP contribution in [0.1, 0.15) is 39.0 Å². The number of carbonyl (C=O) groups is 2. The molecule has 1 saturated carbocycles. The molecule has 0 unspecified atom stereocenters. The fraction of sp³-hybridized carbons (Fsp3) is 0.857. The predicted molar refractivity (Wildman–Crippen MR) is 82.7 cm³/mol. The first kappa shape index (κ1) is 19.2. The van der Waals surface area contributed by atoms with E-state index in [0.29, 0.717) is 18.9 Å². The Bertz CT molecular complexity index is 324. The van der Waals surface area contributed by atoms with Crippen LogP contribution in [0.4, 0.5) is 0 Å². The molecule has 0 spiro atoms. The number of nitrogens with two attached hydrogens (primary N) is 1. The first-order valence-electron chi connectivity index (χ1n) is 7.19. The molecule has 2 N–H and O–H groups in total. The van der Waals surface area contributed by atoms with Crippen molar-refractivity contribution >= 4 is 24.2 Å². The van der Waals surface area contributed by atoms with Gasteiger partial charge in [0.1, 0.15) is 0 Å². The number of rotatable bonds is 6. The smallest absolute Gasteiger partial charge is 0.241 e. The van der Waals surface area contributed by atoms with Crippen molar-refractivity contribution in [3.63, 3.8) is 0 Å². The average molecular weight is 306 g/mol. The lowest BCUT2D eigenvalue weighted by Crippen LogP contribution is -2.42. The van der Waals surface area contributed by atoms with Gasteiger partial charge in [0.25, 0.3) is 0 Å². The molecule has 0 aromatic heterocycles. The normalized spacial score (nSPS) is 21.2. The maximum Gasteiger partial charge on any atom is 0.241 e. The summed E-state index contributed by atoms with van der Waals surface area (Å²) in [5, 5.41) is 0. The van der Waals surface area contributed by atoms with Gasteiger partial charge in [-0.2, -0.15) is 0 Å². The number of hydrogen-bond donors (Lipinski definition) is 1. The van der Waals surface area contributed by atoms with Crippen molar-refractivity contribution in [3.8, 4) is 0 Å². The van der Waals surface area contributed by atoms with Crippen LogP contribution in [0.5, 0.6) is 0 Å². The molecular formula is C14H28ClN3O2. The Labute approximate surface area is 128 Å². The van der Waals surface area contributed by atoms with Crippen LogP contribution in [-0.4, -0.2) is 54.8 Å². The molecule has 0 saturated heterocycles. The second-order valence-electron chi connectivity index (χ2n) is 5.66. The molecule has 2 atom stereocenters. The fourth-order valence-electron chi connectivity index (χ4n) is 2.54. The lowest BCUT2D eigenvalue weighted by Gasteiger charge is -2.25. The maximum absolute atomic E-state index is 12.3. The molecule has 0 radical (unpaired) electrons. The highest BCUT2D eigenvalue weighted by molar-refractivity contribution is 5.85. The minimum atomic E-state index is -0.0301. The molecule has 1 rings (SSSR count). The summed E-state index contributed by atoms with van der Waals surface area (Å²) in [5.41, 5.74) is 6.00. The van der Waals surface area contributed by atoms with Crippen molar-refractivity contribution in [2.75, 3.05) is 27.2 Å². The van der Waals surface area contributed by atoms with Gasteiger partial charge in [0.05, 0.1) is 6.54 Å². The van der Waals surface area contributed by atoms with Gasteiger partial charge in [0.15, 0.2) is 0 Å². The average Bonchev–Trinajstić information content (AvgIpc) is 2.74. The second-order valence-corrected chi connectivity index (χ2v) is 5.66. The SMILES string of the molecule is CCCN(CC(=O)N(C)C)C(=O)C[C@@H]1CCC[C@H]1N.Cl. The molecule has 1 fully saturated rings. The quantitative estimate of drug-likeness (QED) is 0.803. The summed E-state index contributed by atoms with van der Waals surface area (Å²) in [4.78, 5) is 27.2. The Morgan fingerprint density at radius 2 is 1.85 bits per heavy atom. The van der Waals surface area contributed by atoms with Crippen LogP contribution in [-0.2, 0) is 9.59 Å². The van der Waals surface area contributed by atoms with Gasteiger partial charge in [-0.05, 0) is 25.2 Å². The Hall–Kier alpha value is -0.810. The zero-order chi connectivity index (χ0) is 14.4. The molecule has 0 aliphatic heterocycles. The van der Waals surface area contributed by atoms with Crippen molar-refractivity contribution in [3.05, 3.63) is 0 Å². The Balaban J connectivity index is 0.00000361. The fourth-order valence-corrected chi connectivity index (χ4v) is 2.54. The van der Waals surface area contributed by atoms with E-state index in [2.05, 4.69) is 0 Å². The Morgan fingerprint density at radius 1 is 1.20 bits per heavy atom. The molecular weight excluding hydrogens is 278 g/mol. The minimum Gasteiger partial charge on any atom is -0.347 e. The van der Waals surface area contributed by atoms with E-state index in [4.69, 9.17) is 5.73 Å². The standard InChI is InChI=1S/C14H27N3O2.ClH/c1-4-8-17(10-14(19)16(2)3)13(18)9-11-6-5-7-12(11)15;/h11-12H,4-10,15H2,1-3H3;1H/t11-,12+;/m0./s1. The van der Waals surface area contributed by atoms with Crippen LogP contribution in [0.25, 0.3) is 0 Å². The molecule has 0 bridgehead atoms. The van der Waals surface area contributed by atoms with E-state index < -0.39 is 0 Å². The summed E-state index contributed by atoms with van der Waals surface area (Å²) in [6.07, 6.45) is 4.52. The van der Waals surface area contributed by atoms with E-state index in [-0.39, 0.29) is 36.8 Å². The van der Waals surface area contributed by atoms with Crippen molar-refractivity contribution in [2.45, 2.75) is 45.1 Å². The van der Waals surface area contributed by atoms with E-state index in [1.54, 1.807) is 19.0 Å². The zero-order valence-corrected chi connectivity index (χ0v) is 13.6.